The number of aromatic nitrogens is 2. The van der Waals surface area contributed by atoms with E-state index in [4.69, 9.17) is 14.0 Å². The zero-order valence-electron chi connectivity index (χ0n) is 9.60. The van der Waals surface area contributed by atoms with Crippen LogP contribution in [0.25, 0.3) is 0 Å². The molecule has 2 heterocycles. The molecule has 8 heteroatoms. The van der Waals surface area contributed by atoms with Crippen LogP contribution in [0.4, 0.5) is 0 Å². The van der Waals surface area contributed by atoms with Crippen molar-refractivity contribution in [3.63, 3.8) is 0 Å². The summed E-state index contributed by atoms with van der Waals surface area (Å²) < 4.78 is 15.7. The van der Waals surface area contributed by atoms with E-state index in [0.29, 0.717) is 16.5 Å². The molecular weight excluding hydrogens is 324 g/mol. The smallest absolute Gasteiger partial charge is 0.348 e. The van der Waals surface area contributed by atoms with E-state index in [9.17, 15) is 4.79 Å². The Bertz CT molecular complexity index is 566. The average Bonchev–Trinajstić information content (AvgIpc) is 2.92. The van der Waals surface area contributed by atoms with Crippen molar-refractivity contribution in [3.8, 4) is 5.75 Å². The van der Waals surface area contributed by atoms with Gasteiger partial charge in [-0.3, -0.25) is 0 Å². The second-order valence-corrected chi connectivity index (χ2v) is 5.63. The Morgan fingerprint density at radius 1 is 1.61 bits per heavy atom. The van der Waals surface area contributed by atoms with Gasteiger partial charge >= 0.3 is 5.97 Å². The number of ether oxygens (including phenoxy) is 2. The first kappa shape index (κ1) is 13.0. The third-order valence-electron chi connectivity index (χ3n) is 1.97. The third kappa shape index (κ3) is 2.88. The Morgan fingerprint density at radius 3 is 2.94 bits per heavy atom. The third-order valence-corrected chi connectivity index (χ3v) is 3.73. The minimum atomic E-state index is -0.458. The zero-order valence-corrected chi connectivity index (χ0v) is 12.0. The van der Waals surface area contributed by atoms with Crippen LogP contribution in [-0.4, -0.2) is 23.2 Å². The molecule has 18 heavy (non-hydrogen) atoms. The van der Waals surface area contributed by atoms with Gasteiger partial charge in [-0.15, -0.1) is 11.3 Å². The topological polar surface area (TPSA) is 74.5 Å². The number of methoxy groups -OCH3 is 1. The van der Waals surface area contributed by atoms with E-state index in [0.717, 1.165) is 3.79 Å². The average molecular weight is 333 g/mol. The van der Waals surface area contributed by atoms with E-state index in [1.807, 2.05) is 0 Å². The van der Waals surface area contributed by atoms with Crippen LogP contribution in [0.15, 0.2) is 14.4 Å². The molecule has 0 saturated carbocycles. The minimum absolute atomic E-state index is 0.0441. The Morgan fingerprint density at radius 2 is 2.39 bits per heavy atom. The predicted octanol–water partition coefficient (Wildman–Crippen LogP) is 2.57. The van der Waals surface area contributed by atoms with Crippen molar-refractivity contribution in [1.29, 1.82) is 0 Å². The summed E-state index contributed by atoms with van der Waals surface area (Å²) >= 11 is 4.53. The number of aryl methyl sites for hydroxylation is 1. The first-order valence-electron chi connectivity index (χ1n) is 4.89. The Hall–Kier alpha value is -1.41. The molecule has 0 radical (unpaired) electrons. The Kier molecular flexibility index (Phi) is 3.97. The maximum Gasteiger partial charge on any atom is 0.348 e. The van der Waals surface area contributed by atoms with Crippen molar-refractivity contribution in [1.82, 2.24) is 10.1 Å². The normalized spacial score (nSPS) is 10.4. The predicted molar refractivity (Wildman–Crippen MR) is 66.7 cm³/mol. The van der Waals surface area contributed by atoms with Crippen LogP contribution in [0.1, 0.15) is 21.4 Å². The van der Waals surface area contributed by atoms with E-state index >= 15 is 0 Å². The second kappa shape index (κ2) is 5.49. The van der Waals surface area contributed by atoms with Gasteiger partial charge in [0.2, 0.25) is 0 Å². The molecule has 0 amide bonds. The van der Waals surface area contributed by atoms with Crippen LogP contribution in [0.5, 0.6) is 5.75 Å². The number of thiophene rings is 1. The quantitative estimate of drug-likeness (QED) is 0.801. The molecule has 0 aliphatic carbocycles. The molecule has 0 spiro atoms. The highest BCUT2D eigenvalue weighted by molar-refractivity contribution is 9.11. The number of hydrogen-bond donors (Lipinski definition) is 0. The molecule has 6 nitrogen and oxygen atoms in total. The molecule has 0 aliphatic rings. The standard InChI is InChI=1S/C10H9BrN2O4S/c1-5-12-8(17-13-5)4-16-10(14)7-3-6(15-2)9(11)18-7/h3H,4H2,1-2H3. The summed E-state index contributed by atoms with van der Waals surface area (Å²) in [6, 6.07) is 1.61. The van der Waals surface area contributed by atoms with Gasteiger partial charge in [0, 0.05) is 6.07 Å². The Labute approximate surface area is 115 Å². The minimum Gasteiger partial charge on any atom is -0.495 e. The van der Waals surface area contributed by atoms with Crippen LogP contribution in [0.2, 0.25) is 0 Å². The van der Waals surface area contributed by atoms with E-state index in [-0.39, 0.29) is 12.5 Å². The van der Waals surface area contributed by atoms with Crippen molar-refractivity contribution < 1.29 is 18.8 Å². The number of halogens is 1. The molecule has 0 aliphatic heterocycles. The van der Waals surface area contributed by atoms with Gasteiger partial charge in [-0.25, -0.2) is 4.79 Å². The van der Waals surface area contributed by atoms with E-state index < -0.39 is 5.97 Å². The highest BCUT2D eigenvalue weighted by atomic mass is 79.9. The molecule has 0 N–H and O–H groups in total. The number of rotatable bonds is 4. The first-order chi connectivity index (χ1) is 8.60. The van der Waals surface area contributed by atoms with E-state index in [1.165, 1.54) is 18.4 Å². The molecule has 0 fully saturated rings. The maximum atomic E-state index is 11.7. The van der Waals surface area contributed by atoms with Gasteiger partial charge in [0.1, 0.15) is 14.4 Å². The Balaban J connectivity index is 1.99. The number of carbonyl (C=O) groups excluding carboxylic acids is 1. The van der Waals surface area contributed by atoms with Gasteiger partial charge < -0.3 is 14.0 Å². The van der Waals surface area contributed by atoms with E-state index in [1.54, 1.807) is 13.0 Å². The van der Waals surface area contributed by atoms with Crippen molar-refractivity contribution in [2.75, 3.05) is 7.11 Å². The maximum absolute atomic E-state index is 11.7. The fraction of sp³-hybridized carbons (Fsp3) is 0.300. The molecule has 96 valence electrons. The van der Waals surface area contributed by atoms with Gasteiger partial charge in [0.15, 0.2) is 12.4 Å². The zero-order chi connectivity index (χ0) is 13.1. The monoisotopic (exact) mass is 332 g/mol. The lowest BCUT2D eigenvalue weighted by atomic mass is 10.4. The molecule has 2 rings (SSSR count). The summed E-state index contributed by atoms with van der Waals surface area (Å²) in [5, 5.41) is 3.60. The summed E-state index contributed by atoms with van der Waals surface area (Å²) in [5.41, 5.74) is 0. The van der Waals surface area contributed by atoms with Gasteiger partial charge in [0.25, 0.3) is 5.89 Å². The summed E-state index contributed by atoms with van der Waals surface area (Å²) in [6.45, 7) is 1.65. The molecule has 2 aromatic heterocycles. The number of nitrogens with zero attached hydrogens (tertiary/aromatic N) is 2. The fourth-order valence-corrected chi connectivity index (χ4v) is 2.73. The van der Waals surface area contributed by atoms with Crippen LogP contribution in [-0.2, 0) is 11.3 Å². The number of esters is 1. The molecular formula is C10H9BrN2O4S. The van der Waals surface area contributed by atoms with Crippen molar-refractivity contribution >= 4 is 33.2 Å². The van der Waals surface area contributed by atoms with Crippen molar-refractivity contribution in [2.45, 2.75) is 13.5 Å². The lowest BCUT2D eigenvalue weighted by Gasteiger charge is -1.98. The van der Waals surface area contributed by atoms with Gasteiger partial charge in [-0.1, -0.05) is 5.16 Å². The molecule has 0 aromatic carbocycles. The first-order valence-corrected chi connectivity index (χ1v) is 6.50. The molecule has 0 atom stereocenters. The number of carbonyl (C=O) groups is 1. The van der Waals surface area contributed by atoms with Gasteiger partial charge in [-0.2, -0.15) is 4.98 Å². The SMILES string of the molecule is COc1cc(C(=O)OCc2nc(C)no2)sc1Br. The second-order valence-electron chi connectivity index (χ2n) is 3.26. The highest BCUT2D eigenvalue weighted by Gasteiger charge is 2.16. The largest absolute Gasteiger partial charge is 0.495 e. The molecule has 2 aromatic rings. The summed E-state index contributed by atoms with van der Waals surface area (Å²) in [7, 11) is 1.53. The van der Waals surface area contributed by atoms with Crippen LogP contribution in [0.3, 0.4) is 0 Å². The molecule has 0 bridgehead atoms. The van der Waals surface area contributed by atoms with Crippen molar-refractivity contribution in [2.24, 2.45) is 0 Å². The van der Waals surface area contributed by atoms with Crippen LogP contribution >= 0.6 is 27.3 Å². The lowest BCUT2D eigenvalue weighted by molar-refractivity contribution is 0.0435. The fourth-order valence-electron chi connectivity index (χ4n) is 1.19. The van der Waals surface area contributed by atoms with Crippen molar-refractivity contribution in [3.05, 3.63) is 26.4 Å². The lowest BCUT2D eigenvalue weighted by Crippen LogP contribution is -2.03. The summed E-state index contributed by atoms with van der Waals surface area (Å²) in [4.78, 5) is 16.1. The summed E-state index contributed by atoms with van der Waals surface area (Å²) in [6.07, 6.45) is 0. The van der Waals surface area contributed by atoms with Crippen LogP contribution in [0, 0.1) is 6.92 Å². The summed E-state index contributed by atoms with van der Waals surface area (Å²) in [5.74, 6) is 0.908. The molecule has 0 unspecified atom stereocenters. The van der Waals surface area contributed by atoms with Gasteiger partial charge in [0.05, 0.1) is 7.11 Å². The number of hydrogen-bond acceptors (Lipinski definition) is 7. The molecule has 0 saturated heterocycles. The highest BCUT2D eigenvalue weighted by Crippen LogP contribution is 2.34. The van der Waals surface area contributed by atoms with E-state index in [2.05, 4.69) is 26.1 Å². The van der Waals surface area contributed by atoms with Gasteiger partial charge in [-0.05, 0) is 22.9 Å². The van der Waals surface area contributed by atoms with Crippen LogP contribution < -0.4 is 4.74 Å².